The van der Waals surface area contributed by atoms with Crippen molar-refractivity contribution in [2.45, 2.75) is 24.3 Å². The molecule has 0 saturated heterocycles. The average Bonchev–Trinajstić information content (AvgIpc) is 2.28. The van der Waals surface area contributed by atoms with Gasteiger partial charge in [0.1, 0.15) is 13.2 Å². The molecule has 0 aromatic carbocycles. The van der Waals surface area contributed by atoms with Crippen LogP contribution in [0.1, 0.15) is 6.42 Å². The molecule has 118 valence electrons. The van der Waals surface area contributed by atoms with E-state index in [9.17, 15) is 18.0 Å². The van der Waals surface area contributed by atoms with Gasteiger partial charge in [-0.25, -0.2) is 0 Å². The molecule has 0 aliphatic rings. The Hall–Kier alpha value is -1.31. The Bertz CT molecular complexity index is 426. The van der Waals surface area contributed by atoms with Crippen LogP contribution in [-0.2, 0) is 29.2 Å². The molecule has 0 saturated carbocycles. The predicted octanol–water partition coefficient (Wildman–Crippen LogP) is -3.66. The highest BCUT2D eigenvalue weighted by molar-refractivity contribution is 7.87. The zero-order valence-electron chi connectivity index (χ0n) is 9.95. The maximum Gasteiger partial charge on any atom is 0.327 e. The molecule has 12 heteroatoms. The van der Waals surface area contributed by atoms with Gasteiger partial charge in [-0.2, -0.15) is 8.42 Å². The van der Waals surface area contributed by atoms with Crippen LogP contribution in [0.25, 0.3) is 0 Å². The quantitative estimate of drug-likeness (QED) is 0.168. The maximum atomic E-state index is 11.3. The second-order valence-electron chi connectivity index (χ2n) is 3.48. The highest BCUT2D eigenvalue weighted by Crippen LogP contribution is 2.09. The summed E-state index contributed by atoms with van der Waals surface area (Å²) in [5.41, 5.74) is 0. The molecular weight excluding hydrogens is 304 g/mol. The third-order valence-corrected chi connectivity index (χ3v) is 2.82. The van der Waals surface area contributed by atoms with Gasteiger partial charge in [0.2, 0.25) is 0 Å². The lowest BCUT2D eigenvalue weighted by atomic mass is 10.3. The molecule has 1 atom stereocenters. The minimum atomic E-state index is -5.01. The van der Waals surface area contributed by atoms with E-state index >= 15 is 0 Å². The summed E-state index contributed by atoms with van der Waals surface area (Å²) in [7, 11) is -5.01. The Morgan fingerprint density at radius 2 is 1.40 bits per heavy atom. The molecule has 0 aliphatic carbocycles. The molecule has 0 aromatic rings. The van der Waals surface area contributed by atoms with Crippen molar-refractivity contribution in [2.24, 2.45) is 0 Å². The molecule has 0 rings (SSSR count). The fourth-order valence-corrected chi connectivity index (χ4v) is 1.60. The lowest BCUT2D eigenvalue weighted by Crippen LogP contribution is -2.36. The van der Waals surface area contributed by atoms with E-state index in [-0.39, 0.29) is 0 Å². The summed E-state index contributed by atoms with van der Waals surface area (Å²) in [6.45, 7) is -1.82. The Morgan fingerprint density at radius 3 is 1.80 bits per heavy atom. The molecular formula is C8H14O11S. The Labute approximate surface area is 113 Å². The third-order valence-electron chi connectivity index (χ3n) is 1.74. The van der Waals surface area contributed by atoms with Gasteiger partial charge in [0.15, 0.2) is 17.8 Å². The molecule has 0 spiro atoms. The van der Waals surface area contributed by atoms with Gasteiger partial charge in [0, 0.05) is 0 Å². The van der Waals surface area contributed by atoms with E-state index < -0.39 is 59.5 Å². The molecule has 0 aliphatic heterocycles. The van der Waals surface area contributed by atoms with Crippen molar-refractivity contribution in [1.82, 2.24) is 0 Å². The Morgan fingerprint density at radius 1 is 0.950 bits per heavy atom. The topological polar surface area (TPSA) is 188 Å². The number of rotatable bonds is 8. The number of esters is 2. The van der Waals surface area contributed by atoms with Crippen molar-refractivity contribution in [2.75, 3.05) is 13.2 Å². The Kier molecular flexibility index (Phi) is 7.55. The first-order chi connectivity index (χ1) is 9.04. The minimum absolute atomic E-state index is 0.860. The van der Waals surface area contributed by atoms with E-state index in [4.69, 9.17) is 25.0 Å². The van der Waals surface area contributed by atoms with Gasteiger partial charge >= 0.3 is 11.9 Å². The lowest BCUT2D eigenvalue weighted by molar-refractivity contribution is -0.162. The molecule has 1 unspecified atom stereocenters. The van der Waals surface area contributed by atoms with Gasteiger partial charge < -0.3 is 29.9 Å². The monoisotopic (exact) mass is 318 g/mol. The van der Waals surface area contributed by atoms with Gasteiger partial charge in [0.05, 0.1) is 6.42 Å². The zero-order chi connectivity index (χ0) is 15.9. The van der Waals surface area contributed by atoms with Crippen molar-refractivity contribution in [3.63, 3.8) is 0 Å². The molecule has 0 fully saturated rings. The van der Waals surface area contributed by atoms with Gasteiger partial charge in [-0.1, -0.05) is 0 Å². The van der Waals surface area contributed by atoms with Crippen molar-refractivity contribution < 1.29 is 52.5 Å². The van der Waals surface area contributed by atoms with E-state index in [1.165, 1.54) is 0 Å². The van der Waals surface area contributed by atoms with Crippen LogP contribution in [0, 0.1) is 0 Å². The highest BCUT2D eigenvalue weighted by Gasteiger charge is 2.36. The SMILES string of the molecule is O=C(CC(C(=O)OCC(O)O)S(=O)(=O)O)OCC(O)O. The van der Waals surface area contributed by atoms with E-state index in [1.54, 1.807) is 0 Å². The first-order valence-electron chi connectivity index (χ1n) is 5.05. The second kappa shape index (κ2) is 8.08. The summed E-state index contributed by atoms with van der Waals surface area (Å²) in [5, 5.41) is 31.4. The summed E-state index contributed by atoms with van der Waals surface area (Å²) in [6, 6.07) is 0. The first kappa shape index (κ1) is 18.7. The van der Waals surface area contributed by atoms with Crippen molar-refractivity contribution in [3.8, 4) is 0 Å². The van der Waals surface area contributed by atoms with Crippen LogP contribution >= 0.6 is 0 Å². The average molecular weight is 318 g/mol. The summed E-state index contributed by atoms with van der Waals surface area (Å²) in [5.74, 6) is -2.91. The van der Waals surface area contributed by atoms with Crippen LogP contribution in [0.15, 0.2) is 0 Å². The normalized spacial score (nSPS) is 13.3. The van der Waals surface area contributed by atoms with Crippen molar-refractivity contribution in [3.05, 3.63) is 0 Å². The standard InChI is InChI=1S/C8H14O11S/c9-5(10)2-18-7(13)1-4(20(15,16)17)8(14)19-3-6(11)12/h4-6,9-12H,1-3H2,(H,15,16,17). The molecule has 0 heterocycles. The number of hydrogen-bond acceptors (Lipinski definition) is 10. The summed E-state index contributed by atoms with van der Waals surface area (Å²) in [6.07, 6.45) is -5.19. The summed E-state index contributed by atoms with van der Waals surface area (Å²) >= 11 is 0. The minimum Gasteiger partial charge on any atom is -0.460 e. The van der Waals surface area contributed by atoms with Gasteiger partial charge in [-0.05, 0) is 0 Å². The van der Waals surface area contributed by atoms with Crippen molar-refractivity contribution >= 4 is 22.1 Å². The Balaban J connectivity index is 4.67. The largest absolute Gasteiger partial charge is 0.460 e. The van der Waals surface area contributed by atoms with Crippen molar-refractivity contribution in [1.29, 1.82) is 0 Å². The van der Waals surface area contributed by atoms with Crippen LogP contribution in [0.5, 0.6) is 0 Å². The molecule has 5 N–H and O–H groups in total. The molecule has 0 radical (unpaired) electrons. The van der Waals surface area contributed by atoms with Gasteiger partial charge in [-0.15, -0.1) is 0 Å². The van der Waals surface area contributed by atoms with Gasteiger partial charge in [-0.3, -0.25) is 14.1 Å². The fraction of sp³-hybridized carbons (Fsp3) is 0.750. The summed E-state index contributed by atoms with van der Waals surface area (Å²) in [4.78, 5) is 22.4. The van der Waals surface area contributed by atoms with Crippen LogP contribution in [0.3, 0.4) is 0 Å². The highest BCUT2D eigenvalue weighted by atomic mass is 32.2. The van der Waals surface area contributed by atoms with E-state index in [0.29, 0.717) is 0 Å². The molecule has 0 bridgehead atoms. The van der Waals surface area contributed by atoms with Crippen LogP contribution < -0.4 is 0 Å². The predicted molar refractivity (Wildman–Crippen MR) is 58.3 cm³/mol. The summed E-state index contributed by atoms with van der Waals surface area (Å²) < 4.78 is 38.9. The molecule has 11 nitrogen and oxygen atoms in total. The molecule has 20 heavy (non-hydrogen) atoms. The first-order valence-corrected chi connectivity index (χ1v) is 6.55. The number of aliphatic hydroxyl groups is 4. The van der Waals surface area contributed by atoms with E-state index in [1.807, 2.05) is 0 Å². The molecule has 0 amide bonds. The van der Waals surface area contributed by atoms with Crippen LogP contribution in [0.2, 0.25) is 0 Å². The molecule has 0 aromatic heterocycles. The van der Waals surface area contributed by atoms with Gasteiger partial charge in [0.25, 0.3) is 10.1 Å². The van der Waals surface area contributed by atoms with Crippen LogP contribution in [-0.4, -0.2) is 76.4 Å². The number of ether oxygens (including phenoxy) is 2. The van der Waals surface area contributed by atoms with E-state index in [2.05, 4.69) is 9.47 Å². The number of carbonyl (C=O) groups is 2. The zero-order valence-corrected chi connectivity index (χ0v) is 10.8. The number of aliphatic hydroxyl groups excluding tert-OH is 2. The number of hydrogen-bond donors (Lipinski definition) is 5. The lowest BCUT2D eigenvalue weighted by Gasteiger charge is -2.13. The smallest absolute Gasteiger partial charge is 0.327 e. The van der Waals surface area contributed by atoms with E-state index in [0.717, 1.165) is 0 Å². The van der Waals surface area contributed by atoms with Crippen LogP contribution in [0.4, 0.5) is 0 Å². The fourth-order valence-electron chi connectivity index (χ4n) is 0.938. The second-order valence-corrected chi connectivity index (χ2v) is 5.08. The third kappa shape index (κ3) is 7.98. The maximum absolute atomic E-state index is 11.3. The number of carbonyl (C=O) groups excluding carboxylic acids is 2.